The highest BCUT2D eigenvalue weighted by Crippen LogP contribution is 2.38. The molecule has 0 aromatic heterocycles. The summed E-state index contributed by atoms with van der Waals surface area (Å²) in [5.74, 6) is -0.0561. The highest BCUT2D eigenvalue weighted by molar-refractivity contribution is 7.91. The van der Waals surface area contributed by atoms with Gasteiger partial charge in [0.05, 0.1) is 10.7 Å². The summed E-state index contributed by atoms with van der Waals surface area (Å²) >= 11 is 0. The van der Waals surface area contributed by atoms with Crippen LogP contribution in [0.2, 0.25) is 0 Å². The van der Waals surface area contributed by atoms with Crippen LogP contribution in [0.25, 0.3) is 0 Å². The number of nitrogens with zero attached hydrogens (tertiary/aromatic N) is 2. The molecule has 0 spiro atoms. The molecule has 1 aromatic carbocycles. The van der Waals surface area contributed by atoms with Crippen LogP contribution in [0.5, 0.6) is 0 Å². The lowest BCUT2D eigenvalue weighted by molar-refractivity contribution is -0.142. The number of sulfone groups is 1. The largest absolute Gasteiger partial charge is 0.342 e. The van der Waals surface area contributed by atoms with Gasteiger partial charge in [-0.25, -0.2) is 8.42 Å². The van der Waals surface area contributed by atoms with E-state index in [1.807, 2.05) is 35.2 Å². The molecule has 2 aliphatic heterocycles. The number of carbonyl (C=O) groups is 2. The number of amides is 2. The highest BCUT2D eigenvalue weighted by Gasteiger charge is 2.46. The van der Waals surface area contributed by atoms with Crippen molar-refractivity contribution in [3.8, 4) is 0 Å². The Kier molecular flexibility index (Phi) is 5.93. The number of piperidine rings is 2. The first-order chi connectivity index (χ1) is 13.3. The first-order valence-electron chi connectivity index (χ1n) is 9.73. The lowest BCUT2D eigenvalue weighted by Crippen LogP contribution is -2.55. The van der Waals surface area contributed by atoms with Crippen LogP contribution < -0.4 is 0 Å². The molecule has 7 heteroatoms. The van der Waals surface area contributed by atoms with Crippen molar-refractivity contribution in [3.63, 3.8) is 0 Å². The Hall–Kier alpha value is -2.15. The fourth-order valence-corrected chi connectivity index (χ4v) is 5.48. The molecule has 0 radical (unpaired) electrons. The Bertz CT molecular complexity index is 834. The zero-order valence-corrected chi connectivity index (χ0v) is 17.2. The predicted octanol–water partition coefficient (Wildman–Crippen LogP) is 1.77. The molecule has 2 fully saturated rings. The second-order valence-electron chi connectivity index (χ2n) is 7.80. The average molecular weight is 405 g/mol. The summed E-state index contributed by atoms with van der Waals surface area (Å²) < 4.78 is 23.7. The van der Waals surface area contributed by atoms with E-state index in [-0.39, 0.29) is 17.1 Å². The van der Waals surface area contributed by atoms with Gasteiger partial charge in [-0.2, -0.15) is 0 Å². The van der Waals surface area contributed by atoms with E-state index in [2.05, 4.69) is 6.58 Å². The smallest absolute Gasteiger partial charge is 0.245 e. The molecule has 0 aliphatic carbocycles. The SMILES string of the molecule is C=CC(=O)N1CCC(C(=O)N2CCC(S(C)(=O)=O)CC2)(c2ccccc2)CC1. The normalized spacial score (nSPS) is 20.6. The van der Waals surface area contributed by atoms with Crippen molar-refractivity contribution in [2.75, 3.05) is 32.4 Å². The summed E-state index contributed by atoms with van der Waals surface area (Å²) in [6, 6.07) is 9.75. The summed E-state index contributed by atoms with van der Waals surface area (Å²) in [5, 5.41) is -0.365. The van der Waals surface area contributed by atoms with Gasteiger partial charge in [-0.1, -0.05) is 36.9 Å². The quantitative estimate of drug-likeness (QED) is 0.717. The number of hydrogen-bond acceptors (Lipinski definition) is 4. The first kappa shape index (κ1) is 20.6. The van der Waals surface area contributed by atoms with Crippen molar-refractivity contribution < 1.29 is 18.0 Å². The Balaban J connectivity index is 1.82. The standard InChI is InChI=1S/C21H28N2O4S/c1-3-19(24)22-15-11-21(12-16-22,17-7-5-4-6-8-17)20(25)23-13-9-18(10-14-23)28(2,26)27/h3-8,18H,1,9-16H2,2H3. The summed E-state index contributed by atoms with van der Waals surface area (Å²) in [7, 11) is -3.08. The van der Waals surface area contributed by atoms with Crippen molar-refractivity contribution in [1.82, 2.24) is 9.80 Å². The van der Waals surface area contributed by atoms with E-state index in [0.29, 0.717) is 51.9 Å². The molecule has 0 saturated carbocycles. The maximum atomic E-state index is 13.6. The van der Waals surface area contributed by atoms with Crippen LogP contribution in [0.15, 0.2) is 43.0 Å². The molecule has 2 amide bonds. The van der Waals surface area contributed by atoms with E-state index in [1.54, 1.807) is 4.90 Å². The zero-order chi connectivity index (χ0) is 20.4. The lowest BCUT2D eigenvalue weighted by Gasteiger charge is -2.44. The molecule has 0 unspecified atom stereocenters. The topological polar surface area (TPSA) is 74.8 Å². The van der Waals surface area contributed by atoms with Crippen LogP contribution >= 0.6 is 0 Å². The van der Waals surface area contributed by atoms with Gasteiger partial charge in [0, 0.05) is 32.4 Å². The van der Waals surface area contributed by atoms with E-state index < -0.39 is 15.3 Å². The van der Waals surface area contributed by atoms with Crippen LogP contribution in [0.1, 0.15) is 31.2 Å². The molecule has 1 aromatic rings. The van der Waals surface area contributed by atoms with Gasteiger partial charge in [0.25, 0.3) is 0 Å². The highest BCUT2D eigenvalue weighted by atomic mass is 32.2. The van der Waals surface area contributed by atoms with E-state index in [0.717, 1.165) is 5.56 Å². The Morgan fingerprint density at radius 1 is 1.04 bits per heavy atom. The van der Waals surface area contributed by atoms with Gasteiger partial charge in [0.15, 0.2) is 0 Å². The van der Waals surface area contributed by atoms with Crippen LogP contribution in [0.4, 0.5) is 0 Å². The van der Waals surface area contributed by atoms with Gasteiger partial charge in [0.2, 0.25) is 11.8 Å². The van der Waals surface area contributed by atoms with Crippen LogP contribution in [-0.2, 0) is 24.8 Å². The van der Waals surface area contributed by atoms with E-state index in [9.17, 15) is 18.0 Å². The average Bonchev–Trinajstić information content (AvgIpc) is 2.73. The molecule has 0 bridgehead atoms. The van der Waals surface area contributed by atoms with Crippen molar-refractivity contribution in [1.29, 1.82) is 0 Å². The molecule has 2 heterocycles. The molecule has 3 rings (SSSR count). The third-order valence-electron chi connectivity index (χ3n) is 6.17. The maximum absolute atomic E-state index is 13.6. The maximum Gasteiger partial charge on any atom is 0.245 e. The van der Waals surface area contributed by atoms with E-state index in [4.69, 9.17) is 0 Å². The molecule has 0 N–H and O–H groups in total. The minimum Gasteiger partial charge on any atom is -0.342 e. The van der Waals surface area contributed by atoms with Crippen molar-refractivity contribution >= 4 is 21.7 Å². The Labute approximate surface area is 167 Å². The minimum absolute atomic E-state index is 0.0522. The summed E-state index contributed by atoms with van der Waals surface area (Å²) in [5.41, 5.74) is 0.299. The molecule has 0 atom stereocenters. The number of carbonyl (C=O) groups excluding carboxylic acids is 2. The molecular weight excluding hydrogens is 376 g/mol. The molecule has 152 valence electrons. The van der Waals surface area contributed by atoms with Crippen molar-refractivity contribution in [3.05, 3.63) is 48.6 Å². The van der Waals surface area contributed by atoms with Crippen LogP contribution in [0.3, 0.4) is 0 Å². The van der Waals surface area contributed by atoms with Gasteiger partial charge in [-0.3, -0.25) is 9.59 Å². The summed E-state index contributed by atoms with van der Waals surface area (Å²) in [6.07, 6.45) is 4.66. The van der Waals surface area contributed by atoms with Crippen LogP contribution in [-0.4, -0.2) is 67.7 Å². The molecule has 28 heavy (non-hydrogen) atoms. The van der Waals surface area contributed by atoms with Crippen molar-refractivity contribution in [2.24, 2.45) is 0 Å². The fraction of sp³-hybridized carbons (Fsp3) is 0.524. The van der Waals surface area contributed by atoms with Gasteiger partial charge >= 0.3 is 0 Å². The zero-order valence-electron chi connectivity index (χ0n) is 16.3. The monoisotopic (exact) mass is 404 g/mol. The van der Waals surface area contributed by atoms with E-state index in [1.165, 1.54) is 12.3 Å². The number of benzene rings is 1. The van der Waals surface area contributed by atoms with Gasteiger partial charge in [0.1, 0.15) is 9.84 Å². The van der Waals surface area contributed by atoms with Gasteiger partial charge in [-0.15, -0.1) is 0 Å². The summed E-state index contributed by atoms with van der Waals surface area (Å²) in [4.78, 5) is 29.2. The third-order valence-corrected chi connectivity index (χ3v) is 7.86. The van der Waals surface area contributed by atoms with Crippen molar-refractivity contribution in [2.45, 2.75) is 36.3 Å². The minimum atomic E-state index is -3.08. The predicted molar refractivity (Wildman–Crippen MR) is 109 cm³/mol. The molecule has 6 nitrogen and oxygen atoms in total. The Morgan fingerprint density at radius 3 is 2.11 bits per heavy atom. The van der Waals surface area contributed by atoms with Gasteiger partial charge in [-0.05, 0) is 37.3 Å². The lowest BCUT2D eigenvalue weighted by atomic mass is 9.71. The molecular formula is C21H28N2O4S. The first-order valence-corrected chi connectivity index (χ1v) is 11.7. The molecule has 2 aliphatic rings. The summed E-state index contributed by atoms with van der Waals surface area (Å²) in [6.45, 7) is 5.48. The number of rotatable bonds is 4. The second-order valence-corrected chi connectivity index (χ2v) is 10.1. The fourth-order valence-electron chi connectivity index (χ4n) is 4.41. The van der Waals surface area contributed by atoms with E-state index >= 15 is 0 Å². The van der Waals surface area contributed by atoms with Gasteiger partial charge < -0.3 is 9.80 Å². The Morgan fingerprint density at radius 2 is 1.61 bits per heavy atom. The second kappa shape index (κ2) is 8.07. The number of hydrogen-bond donors (Lipinski definition) is 0. The third kappa shape index (κ3) is 3.99. The molecule has 2 saturated heterocycles. The number of likely N-dealkylation sites (tertiary alicyclic amines) is 2. The van der Waals surface area contributed by atoms with Crippen LogP contribution in [0, 0.1) is 0 Å².